The van der Waals surface area contributed by atoms with Crippen molar-refractivity contribution in [1.29, 1.82) is 0 Å². The van der Waals surface area contributed by atoms with E-state index in [9.17, 15) is 65.9 Å². The van der Waals surface area contributed by atoms with Gasteiger partial charge in [-0.15, -0.1) is 0 Å². The normalized spacial score (nSPS) is 17.1. The zero-order valence-corrected chi connectivity index (χ0v) is 19.6. The molecule has 0 heterocycles. The fourth-order valence-corrected chi connectivity index (χ4v) is 3.14. The van der Waals surface area contributed by atoms with Crippen molar-refractivity contribution in [3.63, 3.8) is 0 Å². The van der Waals surface area contributed by atoms with E-state index in [0.29, 0.717) is 19.6 Å². The molecule has 0 fully saturated rings. The zero-order chi connectivity index (χ0) is 29.9. The first-order valence-corrected chi connectivity index (χ1v) is 9.98. The SMILES string of the molecule is COC(C)(CC(F)(F)C(F)(F)C(F)(F)C(F)(F)C(F)(F)C(F)(F)C(F)(F)F)c1cccc(C(C)(C)C)c1. The highest BCUT2D eigenvalue weighted by atomic mass is 19.4. The molecule has 0 radical (unpaired) electrons. The van der Waals surface area contributed by atoms with Crippen LogP contribution in [-0.4, -0.2) is 48.8 Å². The average Bonchev–Trinajstić information content (AvgIpc) is 2.71. The Hall–Kier alpha value is -1.87. The first kappa shape index (κ1) is 33.2. The van der Waals surface area contributed by atoms with Gasteiger partial charge in [-0.25, -0.2) is 0 Å². The average molecular weight is 574 g/mol. The van der Waals surface area contributed by atoms with Gasteiger partial charge in [0.25, 0.3) is 0 Å². The molecule has 0 bridgehead atoms. The molecular weight excluding hydrogens is 553 g/mol. The lowest BCUT2D eigenvalue weighted by Gasteiger charge is -2.43. The Labute approximate surface area is 201 Å². The van der Waals surface area contributed by atoms with Crippen molar-refractivity contribution in [3.05, 3.63) is 35.4 Å². The van der Waals surface area contributed by atoms with E-state index < -0.39 is 59.1 Å². The fraction of sp³-hybridized carbons (Fsp3) is 0.714. The molecule has 1 nitrogen and oxygen atoms in total. The van der Waals surface area contributed by atoms with Gasteiger partial charge in [-0.3, -0.25) is 0 Å². The molecule has 1 unspecified atom stereocenters. The van der Waals surface area contributed by atoms with Crippen LogP contribution in [0.4, 0.5) is 65.9 Å². The van der Waals surface area contributed by atoms with E-state index in [4.69, 9.17) is 4.74 Å². The summed E-state index contributed by atoms with van der Waals surface area (Å²) in [5.74, 6) is -46.7. The number of halogens is 15. The maximum atomic E-state index is 14.6. The molecule has 0 amide bonds. The van der Waals surface area contributed by atoms with Gasteiger partial charge in [0.05, 0.1) is 12.0 Å². The lowest BCUT2D eigenvalue weighted by molar-refractivity contribution is -0.453. The highest BCUT2D eigenvalue weighted by Gasteiger charge is 2.93. The summed E-state index contributed by atoms with van der Waals surface area (Å²) >= 11 is 0. The van der Waals surface area contributed by atoms with E-state index in [0.717, 1.165) is 12.1 Å². The third-order valence-corrected chi connectivity index (χ3v) is 5.74. The molecule has 16 heteroatoms. The van der Waals surface area contributed by atoms with Crippen LogP contribution in [0.2, 0.25) is 0 Å². The zero-order valence-electron chi connectivity index (χ0n) is 19.6. The predicted molar refractivity (Wildman–Crippen MR) is 99.9 cm³/mol. The Morgan fingerprint density at radius 2 is 0.946 bits per heavy atom. The van der Waals surface area contributed by atoms with Gasteiger partial charge in [0.15, 0.2) is 0 Å². The molecular formula is C21H21F15O. The first-order chi connectivity index (χ1) is 16.0. The van der Waals surface area contributed by atoms with Crippen LogP contribution < -0.4 is 0 Å². The lowest BCUT2D eigenvalue weighted by Crippen LogP contribution is -2.72. The molecule has 0 aromatic heterocycles. The summed E-state index contributed by atoms with van der Waals surface area (Å²) in [6, 6.07) is 4.77. The van der Waals surface area contributed by atoms with Gasteiger partial charge in [-0.05, 0) is 23.5 Å². The van der Waals surface area contributed by atoms with Crippen molar-refractivity contribution < 1.29 is 70.6 Å². The smallest absolute Gasteiger partial charge is 0.374 e. The van der Waals surface area contributed by atoms with Crippen molar-refractivity contribution in [2.45, 2.75) is 86.8 Å². The number of benzene rings is 1. The molecule has 1 aromatic carbocycles. The summed E-state index contributed by atoms with van der Waals surface area (Å²) in [6.45, 7) is 5.50. The van der Waals surface area contributed by atoms with E-state index in [-0.39, 0.29) is 5.56 Å². The van der Waals surface area contributed by atoms with Crippen LogP contribution in [0.5, 0.6) is 0 Å². The first-order valence-electron chi connectivity index (χ1n) is 9.98. The summed E-state index contributed by atoms with van der Waals surface area (Å²) in [5.41, 5.74) is -3.41. The summed E-state index contributed by atoms with van der Waals surface area (Å²) in [4.78, 5) is 0. The summed E-state index contributed by atoms with van der Waals surface area (Å²) in [7, 11) is 0.628. The molecule has 0 spiro atoms. The van der Waals surface area contributed by atoms with Crippen LogP contribution >= 0.6 is 0 Å². The molecule has 0 aliphatic heterocycles. The van der Waals surface area contributed by atoms with Crippen molar-refractivity contribution in [1.82, 2.24) is 0 Å². The van der Waals surface area contributed by atoms with Crippen LogP contribution in [0.1, 0.15) is 45.2 Å². The summed E-state index contributed by atoms with van der Waals surface area (Å²) in [5, 5.41) is 0. The van der Waals surface area contributed by atoms with Crippen molar-refractivity contribution in [2.24, 2.45) is 0 Å². The maximum absolute atomic E-state index is 14.6. The molecule has 1 aromatic rings. The van der Waals surface area contributed by atoms with Crippen LogP contribution in [0.15, 0.2) is 24.3 Å². The molecule has 0 aliphatic carbocycles. The highest BCUT2D eigenvalue weighted by Crippen LogP contribution is 2.63. The van der Waals surface area contributed by atoms with Crippen molar-refractivity contribution >= 4 is 0 Å². The second kappa shape index (κ2) is 9.11. The Morgan fingerprint density at radius 3 is 1.32 bits per heavy atom. The highest BCUT2D eigenvalue weighted by molar-refractivity contribution is 5.32. The fourth-order valence-electron chi connectivity index (χ4n) is 3.14. The number of ether oxygens (including phenoxy) is 1. The number of hydrogen-bond acceptors (Lipinski definition) is 1. The molecule has 0 saturated heterocycles. The van der Waals surface area contributed by atoms with Crippen LogP contribution in [0.3, 0.4) is 0 Å². The van der Waals surface area contributed by atoms with E-state index in [1.54, 1.807) is 20.8 Å². The number of alkyl halides is 15. The van der Waals surface area contributed by atoms with E-state index >= 15 is 0 Å². The Morgan fingerprint density at radius 1 is 0.568 bits per heavy atom. The second-order valence-electron chi connectivity index (χ2n) is 9.52. The molecule has 1 rings (SSSR count). The van der Waals surface area contributed by atoms with Gasteiger partial charge in [0, 0.05) is 7.11 Å². The van der Waals surface area contributed by atoms with Gasteiger partial charge >= 0.3 is 41.7 Å². The van der Waals surface area contributed by atoms with Gasteiger partial charge in [-0.2, -0.15) is 65.9 Å². The monoisotopic (exact) mass is 574 g/mol. The van der Waals surface area contributed by atoms with Gasteiger partial charge < -0.3 is 4.74 Å². The third-order valence-electron chi connectivity index (χ3n) is 5.74. The van der Waals surface area contributed by atoms with Crippen LogP contribution in [0.25, 0.3) is 0 Å². The van der Waals surface area contributed by atoms with E-state index in [1.165, 1.54) is 12.1 Å². The molecule has 216 valence electrons. The summed E-state index contributed by atoms with van der Waals surface area (Å²) in [6.07, 6.45) is -10.2. The van der Waals surface area contributed by atoms with Gasteiger partial charge in [0.1, 0.15) is 0 Å². The number of hydrogen-bond donors (Lipinski definition) is 0. The van der Waals surface area contributed by atoms with Crippen molar-refractivity contribution in [3.8, 4) is 0 Å². The molecule has 0 saturated carbocycles. The predicted octanol–water partition coefficient (Wildman–Crippen LogP) is 8.61. The van der Waals surface area contributed by atoms with Crippen LogP contribution in [0, 0.1) is 0 Å². The maximum Gasteiger partial charge on any atom is 0.460 e. The van der Waals surface area contributed by atoms with Crippen LogP contribution in [-0.2, 0) is 15.8 Å². The largest absolute Gasteiger partial charge is 0.460 e. The molecule has 0 aliphatic rings. The van der Waals surface area contributed by atoms with Gasteiger partial charge in [-0.1, -0.05) is 45.0 Å². The Kier molecular flexibility index (Phi) is 8.16. The van der Waals surface area contributed by atoms with E-state index in [1.807, 2.05) is 0 Å². The number of methoxy groups -OCH3 is 1. The topological polar surface area (TPSA) is 9.23 Å². The van der Waals surface area contributed by atoms with Crippen molar-refractivity contribution in [2.75, 3.05) is 7.11 Å². The number of rotatable bonds is 9. The molecule has 0 N–H and O–H groups in total. The second-order valence-corrected chi connectivity index (χ2v) is 9.52. The minimum absolute atomic E-state index is 0.370. The molecule has 1 atom stereocenters. The van der Waals surface area contributed by atoms with E-state index in [2.05, 4.69) is 0 Å². The molecule has 37 heavy (non-hydrogen) atoms. The third kappa shape index (κ3) is 5.10. The quantitative estimate of drug-likeness (QED) is 0.269. The standard InChI is InChI=1S/C21H21F15O/c1-13(2,3)11-7-6-8-12(9-11)14(4,37-5)10-15(22,23)16(24,25)17(26,27)18(28,29)19(30,31)20(32,33)21(34,35)36/h6-9H,10H2,1-5H3. The van der Waals surface area contributed by atoms with Gasteiger partial charge in [0.2, 0.25) is 0 Å². The lowest BCUT2D eigenvalue weighted by atomic mass is 9.80. The Balaban J connectivity index is 3.64. The Bertz CT molecular complexity index is 959. The minimum atomic E-state index is -8.32. The minimum Gasteiger partial charge on any atom is -0.374 e. The summed E-state index contributed by atoms with van der Waals surface area (Å²) < 4.78 is 207.